The zero-order valence-electron chi connectivity index (χ0n) is 12.1. The van der Waals surface area contributed by atoms with E-state index >= 15 is 0 Å². The van der Waals surface area contributed by atoms with Crippen molar-refractivity contribution in [2.24, 2.45) is 11.1 Å². The molecule has 0 aliphatic heterocycles. The van der Waals surface area contributed by atoms with E-state index in [1.54, 1.807) is 14.2 Å². The van der Waals surface area contributed by atoms with E-state index in [0.29, 0.717) is 0 Å². The molecule has 2 N–H and O–H groups in total. The Morgan fingerprint density at radius 1 is 1.17 bits per heavy atom. The van der Waals surface area contributed by atoms with Crippen LogP contribution in [0, 0.1) is 5.41 Å². The summed E-state index contributed by atoms with van der Waals surface area (Å²) in [7, 11) is 3.36. The third-order valence-corrected chi connectivity index (χ3v) is 3.32. The molecule has 1 aromatic rings. The molecular weight excluding hydrogens is 226 g/mol. The highest BCUT2D eigenvalue weighted by Crippen LogP contribution is 2.27. The Labute approximate surface area is 110 Å². The zero-order chi connectivity index (χ0) is 13.8. The van der Waals surface area contributed by atoms with Gasteiger partial charge < -0.3 is 15.2 Å². The molecule has 0 aromatic heterocycles. The van der Waals surface area contributed by atoms with Crippen molar-refractivity contribution in [3.05, 3.63) is 23.8 Å². The smallest absolute Gasteiger partial charge is 0.122 e. The molecule has 0 saturated carbocycles. The minimum Gasteiger partial charge on any atom is -0.497 e. The fourth-order valence-corrected chi connectivity index (χ4v) is 1.82. The zero-order valence-corrected chi connectivity index (χ0v) is 12.1. The summed E-state index contributed by atoms with van der Waals surface area (Å²) in [6.45, 7) is 6.50. The lowest BCUT2D eigenvalue weighted by molar-refractivity contribution is 0.304. The quantitative estimate of drug-likeness (QED) is 0.875. The second kappa shape index (κ2) is 6.10. The molecule has 1 aromatic carbocycles. The minimum absolute atomic E-state index is 0.131. The van der Waals surface area contributed by atoms with E-state index in [4.69, 9.17) is 15.2 Å². The first-order valence-corrected chi connectivity index (χ1v) is 6.35. The highest BCUT2D eigenvalue weighted by Gasteiger charge is 2.20. The maximum atomic E-state index is 6.19. The van der Waals surface area contributed by atoms with Gasteiger partial charge >= 0.3 is 0 Å². The molecule has 0 spiro atoms. The largest absolute Gasteiger partial charge is 0.497 e. The first-order valence-electron chi connectivity index (χ1n) is 6.35. The number of ether oxygens (including phenoxy) is 2. The molecular formula is C15H25NO2. The molecule has 1 unspecified atom stereocenters. The molecule has 0 heterocycles. The Hall–Kier alpha value is -1.22. The van der Waals surface area contributed by atoms with Crippen LogP contribution in [-0.2, 0) is 6.42 Å². The first kappa shape index (κ1) is 14.8. The van der Waals surface area contributed by atoms with Gasteiger partial charge in [0, 0.05) is 6.04 Å². The van der Waals surface area contributed by atoms with Crippen LogP contribution in [0.3, 0.4) is 0 Å². The van der Waals surface area contributed by atoms with E-state index in [1.807, 2.05) is 18.2 Å². The van der Waals surface area contributed by atoms with Crippen LogP contribution >= 0.6 is 0 Å². The van der Waals surface area contributed by atoms with Gasteiger partial charge in [-0.25, -0.2) is 0 Å². The van der Waals surface area contributed by atoms with Gasteiger partial charge in [-0.15, -0.1) is 0 Å². The topological polar surface area (TPSA) is 44.5 Å². The summed E-state index contributed by atoms with van der Waals surface area (Å²) < 4.78 is 10.6. The van der Waals surface area contributed by atoms with Crippen LogP contribution in [0.25, 0.3) is 0 Å². The van der Waals surface area contributed by atoms with Gasteiger partial charge in [0.25, 0.3) is 0 Å². The Morgan fingerprint density at radius 2 is 1.83 bits per heavy atom. The van der Waals surface area contributed by atoms with E-state index in [9.17, 15) is 0 Å². The summed E-state index contributed by atoms with van der Waals surface area (Å²) in [6, 6.07) is 6.05. The van der Waals surface area contributed by atoms with Gasteiger partial charge in [-0.05, 0) is 42.0 Å². The van der Waals surface area contributed by atoms with Crippen molar-refractivity contribution < 1.29 is 9.47 Å². The molecule has 0 saturated heterocycles. The average Bonchev–Trinajstić information content (AvgIpc) is 2.34. The SMILES string of the molecule is COc1ccc(OC)c(CCC(N)C(C)(C)C)c1. The number of nitrogens with two attached hydrogens (primary N) is 1. The van der Waals surface area contributed by atoms with Crippen LogP contribution in [0.4, 0.5) is 0 Å². The Kier molecular flexibility index (Phi) is 5.03. The van der Waals surface area contributed by atoms with Crippen molar-refractivity contribution in [1.82, 2.24) is 0 Å². The van der Waals surface area contributed by atoms with Crippen molar-refractivity contribution in [2.45, 2.75) is 39.7 Å². The molecule has 1 rings (SSSR count). The lowest BCUT2D eigenvalue weighted by atomic mass is 9.84. The summed E-state index contributed by atoms with van der Waals surface area (Å²) >= 11 is 0. The molecule has 102 valence electrons. The van der Waals surface area contributed by atoms with Crippen LogP contribution in [0.15, 0.2) is 18.2 Å². The van der Waals surface area contributed by atoms with Crippen LogP contribution in [0.1, 0.15) is 32.8 Å². The van der Waals surface area contributed by atoms with Gasteiger partial charge in [-0.3, -0.25) is 0 Å². The van der Waals surface area contributed by atoms with E-state index < -0.39 is 0 Å². The van der Waals surface area contributed by atoms with Gasteiger partial charge in [-0.2, -0.15) is 0 Å². The molecule has 1 atom stereocenters. The Morgan fingerprint density at radius 3 is 2.33 bits per heavy atom. The maximum absolute atomic E-state index is 6.19. The molecule has 3 heteroatoms. The van der Waals surface area contributed by atoms with Crippen molar-refractivity contribution in [1.29, 1.82) is 0 Å². The molecule has 0 radical (unpaired) electrons. The first-order chi connectivity index (χ1) is 8.38. The number of benzene rings is 1. The number of hydrogen-bond donors (Lipinski definition) is 1. The van der Waals surface area contributed by atoms with E-state index in [2.05, 4.69) is 20.8 Å². The van der Waals surface area contributed by atoms with Gasteiger partial charge in [-0.1, -0.05) is 20.8 Å². The number of methoxy groups -OCH3 is 2. The van der Waals surface area contributed by atoms with Gasteiger partial charge in [0.1, 0.15) is 11.5 Å². The van der Waals surface area contributed by atoms with E-state index in [1.165, 1.54) is 0 Å². The number of aryl methyl sites for hydroxylation is 1. The lowest BCUT2D eigenvalue weighted by Crippen LogP contribution is -2.35. The molecule has 3 nitrogen and oxygen atoms in total. The third-order valence-electron chi connectivity index (χ3n) is 3.32. The van der Waals surface area contributed by atoms with Crippen LogP contribution in [0.2, 0.25) is 0 Å². The highest BCUT2D eigenvalue weighted by molar-refractivity contribution is 5.40. The van der Waals surface area contributed by atoms with Crippen molar-refractivity contribution in [3.8, 4) is 11.5 Å². The van der Waals surface area contributed by atoms with Crippen molar-refractivity contribution in [3.63, 3.8) is 0 Å². The molecule has 0 aliphatic rings. The van der Waals surface area contributed by atoms with E-state index in [-0.39, 0.29) is 11.5 Å². The highest BCUT2D eigenvalue weighted by atomic mass is 16.5. The summed E-state index contributed by atoms with van der Waals surface area (Å²) in [5.74, 6) is 1.76. The third kappa shape index (κ3) is 3.91. The van der Waals surface area contributed by atoms with Gasteiger partial charge in [0.2, 0.25) is 0 Å². The normalized spacial score (nSPS) is 13.2. The van der Waals surface area contributed by atoms with Crippen molar-refractivity contribution in [2.75, 3.05) is 14.2 Å². The number of rotatable bonds is 5. The molecule has 0 aliphatic carbocycles. The molecule has 0 amide bonds. The molecule has 18 heavy (non-hydrogen) atoms. The van der Waals surface area contributed by atoms with E-state index in [0.717, 1.165) is 29.9 Å². The second-order valence-corrected chi connectivity index (χ2v) is 5.69. The monoisotopic (exact) mass is 251 g/mol. The standard InChI is InChI=1S/C15H25NO2/c1-15(2,3)14(16)9-6-11-10-12(17-4)7-8-13(11)18-5/h7-8,10,14H,6,9,16H2,1-5H3. The number of hydrogen-bond acceptors (Lipinski definition) is 3. The van der Waals surface area contributed by atoms with Crippen LogP contribution < -0.4 is 15.2 Å². The van der Waals surface area contributed by atoms with Crippen molar-refractivity contribution >= 4 is 0 Å². The fraction of sp³-hybridized carbons (Fsp3) is 0.600. The summed E-state index contributed by atoms with van der Waals surface area (Å²) in [5.41, 5.74) is 7.47. The summed E-state index contributed by atoms with van der Waals surface area (Å²) in [5, 5.41) is 0. The fourth-order valence-electron chi connectivity index (χ4n) is 1.82. The predicted molar refractivity (Wildman–Crippen MR) is 75.3 cm³/mol. The van der Waals surface area contributed by atoms with Gasteiger partial charge in [0.05, 0.1) is 14.2 Å². The second-order valence-electron chi connectivity index (χ2n) is 5.69. The van der Waals surface area contributed by atoms with Gasteiger partial charge in [0.15, 0.2) is 0 Å². The maximum Gasteiger partial charge on any atom is 0.122 e. The Bertz CT molecular complexity index is 383. The molecule has 0 fully saturated rings. The summed E-state index contributed by atoms with van der Waals surface area (Å²) in [4.78, 5) is 0. The summed E-state index contributed by atoms with van der Waals surface area (Å²) in [6.07, 6.45) is 1.84. The molecule has 0 bridgehead atoms. The predicted octanol–water partition coefficient (Wildman–Crippen LogP) is 3.01. The van der Waals surface area contributed by atoms with Crippen LogP contribution in [0.5, 0.6) is 11.5 Å². The minimum atomic E-state index is 0.131. The Balaban J connectivity index is 2.77. The lowest BCUT2D eigenvalue weighted by Gasteiger charge is -2.27. The average molecular weight is 251 g/mol. The van der Waals surface area contributed by atoms with Crippen LogP contribution in [-0.4, -0.2) is 20.3 Å².